The van der Waals surface area contributed by atoms with Crippen LogP contribution in [0.3, 0.4) is 0 Å². The van der Waals surface area contributed by atoms with E-state index in [1.165, 1.54) is 0 Å². The minimum atomic E-state index is -2.62. The predicted molar refractivity (Wildman–Crippen MR) is 61.4 cm³/mol. The number of nitrogens with zero attached hydrogens (tertiary/aromatic N) is 1. The highest BCUT2D eigenvalue weighted by atomic mass is 32.1. The van der Waals surface area contributed by atoms with E-state index in [1.807, 2.05) is 0 Å². The van der Waals surface area contributed by atoms with Gasteiger partial charge < -0.3 is 4.98 Å². The molecule has 0 aliphatic carbocycles. The summed E-state index contributed by atoms with van der Waals surface area (Å²) in [5.41, 5.74) is 0.853. The van der Waals surface area contributed by atoms with Crippen molar-refractivity contribution in [3.63, 3.8) is 0 Å². The molecular weight excluding hydrogens is 247 g/mol. The average Bonchev–Trinajstić information content (AvgIpc) is 2.65. The number of nitrogens with one attached hydrogen (secondary N) is 1. The molecule has 1 heterocycles. The Morgan fingerprint density at radius 2 is 2.06 bits per heavy atom. The maximum Gasteiger partial charge on any atom is 0.747 e. The monoisotopic (exact) mass is 255 g/mol. The normalized spacial score (nSPS) is 11.2. The van der Waals surface area contributed by atoms with Crippen molar-refractivity contribution >= 4 is 20.5 Å². The molecule has 16 heavy (non-hydrogen) atoms. The van der Waals surface area contributed by atoms with Gasteiger partial charge in [-0.25, -0.2) is 4.52 Å². The van der Waals surface area contributed by atoms with Crippen LogP contribution in [0.1, 0.15) is 0 Å². The topological polar surface area (TPSA) is 67.2 Å². The number of hydrogen-bond donors (Lipinski definition) is 2. The van der Waals surface area contributed by atoms with Crippen LogP contribution in [0.2, 0.25) is 0 Å². The molecule has 7 heteroatoms. The Hall–Kier alpha value is -1.49. The Morgan fingerprint density at radius 1 is 1.38 bits per heavy atom. The molecule has 0 aliphatic heterocycles. The van der Waals surface area contributed by atoms with Gasteiger partial charge >= 0.3 is 8.25 Å². The summed E-state index contributed by atoms with van der Waals surface area (Å²) < 4.78 is 17.4. The second kappa shape index (κ2) is 4.57. The average molecular weight is 255 g/mol. The third-order valence-corrected chi connectivity index (χ3v) is 2.63. The lowest BCUT2D eigenvalue weighted by Gasteiger charge is -2.01. The zero-order valence-corrected chi connectivity index (χ0v) is 9.74. The zero-order valence-electron chi connectivity index (χ0n) is 8.03. The van der Waals surface area contributed by atoms with Crippen molar-refractivity contribution in [2.45, 2.75) is 0 Å². The van der Waals surface area contributed by atoms with Gasteiger partial charge in [0.05, 0.1) is 0 Å². The third kappa shape index (κ3) is 2.36. The van der Waals surface area contributed by atoms with Crippen LogP contribution in [0.25, 0.3) is 5.69 Å². The molecule has 0 saturated carbocycles. The SMILES string of the molecule is O=[P+](O)Oc1ccc(-n2cc[nH]c2=S)cc1. The van der Waals surface area contributed by atoms with Gasteiger partial charge in [-0.2, -0.15) is 0 Å². The van der Waals surface area contributed by atoms with Gasteiger partial charge in [0.15, 0.2) is 10.5 Å². The molecule has 1 unspecified atom stereocenters. The van der Waals surface area contributed by atoms with Gasteiger partial charge in [-0.3, -0.25) is 4.57 Å². The Bertz CT molecular complexity index is 561. The number of H-pyrrole nitrogens is 1. The van der Waals surface area contributed by atoms with E-state index in [-0.39, 0.29) is 0 Å². The second-order valence-corrected chi connectivity index (χ2v) is 4.00. The molecule has 1 aromatic carbocycles. The molecule has 2 rings (SSSR count). The Labute approximate surface area is 97.3 Å². The number of aromatic nitrogens is 2. The molecule has 0 bridgehead atoms. The molecule has 2 N–H and O–H groups in total. The summed E-state index contributed by atoms with van der Waals surface area (Å²) >= 11 is 5.06. The van der Waals surface area contributed by atoms with E-state index in [4.69, 9.17) is 17.1 Å². The van der Waals surface area contributed by atoms with Crippen molar-refractivity contribution in [2.24, 2.45) is 0 Å². The fraction of sp³-hybridized carbons (Fsp3) is 0. The molecule has 82 valence electrons. The van der Waals surface area contributed by atoms with E-state index in [0.29, 0.717) is 10.5 Å². The van der Waals surface area contributed by atoms with Crippen molar-refractivity contribution in [3.05, 3.63) is 41.4 Å². The first-order valence-electron chi connectivity index (χ1n) is 4.37. The van der Waals surface area contributed by atoms with Crippen LogP contribution in [0, 0.1) is 4.77 Å². The number of benzene rings is 1. The summed E-state index contributed by atoms with van der Waals surface area (Å²) in [7, 11) is -2.62. The molecule has 0 aliphatic rings. The largest absolute Gasteiger partial charge is 0.747 e. The minimum absolute atomic E-state index is 0.342. The highest BCUT2D eigenvalue weighted by molar-refractivity contribution is 7.71. The summed E-state index contributed by atoms with van der Waals surface area (Å²) in [6.45, 7) is 0. The minimum Gasteiger partial charge on any atom is -0.337 e. The van der Waals surface area contributed by atoms with E-state index in [1.54, 1.807) is 41.2 Å². The maximum absolute atomic E-state index is 10.4. The molecule has 1 atom stereocenters. The lowest BCUT2D eigenvalue weighted by molar-refractivity contribution is 0.410. The van der Waals surface area contributed by atoms with Crippen LogP contribution < -0.4 is 4.52 Å². The fourth-order valence-electron chi connectivity index (χ4n) is 1.28. The molecule has 0 saturated heterocycles. The predicted octanol–water partition coefficient (Wildman–Crippen LogP) is 2.56. The zero-order chi connectivity index (χ0) is 11.5. The van der Waals surface area contributed by atoms with E-state index in [0.717, 1.165) is 5.69 Å². The molecule has 5 nitrogen and oxygen atoms in total. The summed E-state index contributed by atoms with van der Waals surface area (Å²) in [5.74, 6) is 0.342. The molecular formula is C9H8N2O3PS+. The van der Waals surface area contributed by atoms with Crippen LogP contribution in [-0.2, 0) is 4.57 Å². The third-order valence-electron chi connectivity index (χ3n) is 1.95. The first-order chi connectivity index (χ1) is 7.66. The van der Waals surface area contributed by atoms with Crippen LogP contribution in [0.15, 0.2) is 36.7 Å². The van der Waals surface area contributed by atoms with Crippen molar-refractivity contribution in [1.82, 2.24) is 9.55 Å². The highest BCUT2D eigenvalue weighted by Crippen LogP contribution is 2.23. The van der Waals surface area contributed by atoms with Crippen LogP contribution in [-0.4, -0.2) is 14.4 Å². The molecule has 2 aromatic rings. The van der Waals surface area contributed by atoms with E-state index in [9.17, 15) is 4.57 Å². The quantitative estimate of drug-likeness (QED) is 0.653. The molecule has 0 amide bonds. The Kier molecular flexibility index (Phi) is 3.14. The van der Waals surface area contributed by atoms with Gasteiger partial charge in [0.2, 0.25) is 0 Å². The Morgan fingerprint density at radius 3 is 2.56 bits per heavy atom. The van der Waals surface area contributed by atoms with Gasteiger partial charge in [-0.1, -0.05) is 0 Å². The van der Waals surface area contributed by atoms with Crippen molar-refractivity contribution in [1.29, 1.82) is 0 Å². The molecule has 0 spiro atoms. The van der Waals surface area contributed by atoms with E-state index < -0.39 is 8.25 Å². The Balaban J connectivity index is 2.30. The number of aromatic amines is 1. The standard InChI is InChI=1S/C9H7N2O3PS/c12-15(13)14-8-3-1-7(2-4-8)11-6-5-10-9(11)16/h1-6H,(H-,10,12,13,16)/p+1. The van der Waals surface area contributed by atoms with Crippen molar-refractivity contribution in [3.8, 4) is 11.4 Å². The molecule has 0 radical (unpaired) electrons. The molecule has 1 aromatic heterocycles. The molecule has 0 fully saturated rings. The van der Waals surface area contributed by atoms with E-state index >= 15 is 0 Å². The van der Waals surface area contributed by atoms with Crippen molar-refractivity contribution < 1.29 is 14.0 Å². The van der Waals surface area contributed by atoms with Gasteiger partial charge in [-0.15, -0.1) is 4.89 Å². The van der Waals surface area contributed by atoms with E-state index in [2.05, 4.69) is 9.51 Å². The first kappa shape index (κ1) is 11.0. The van der Waals surface area contributed by atoms with Gasteiger partial charge in [0, 0.05) is 22.6 Å². The van der Waals surface area contributed by atoms with Crippen LogP contribution >= 0.6 is 20.5 Å². The van der Waals surface area contributed by atoms with Crippen LogP contribution in [0.4, 0.5) is 0 Å². The summed E-state index contributed by atoms with van der Waals surface area (Å²) in [6, 6.07) is 6.71. The first-order valence-corrected chi connectivity index (χ1v) is 5.91. The summed E-state index contributed by atoms with van der Waals surface area (Å²) in [6.07, 6.45) is 3.53. The van der Waals surface area contributed by atoms with Gasteiger partial charge in [0.1, 0.15) is 0 Å². The highest BCUT2D eigenvalue weighted by Gasteiger charge is 2.13. The maximum atomic E-state index is 10.4. The number of hydrogen-bond acceptors (Lipinski definition) is 3. The van der Waals surface area contributed by atoms with Gasteiger partial charge in [-0.05, 0) is 36.5 Å². The fourth-order valence-corrected chi connectivity index (χ4v) is 1.82. The summed E-state index contributed by atoms with van der Waals surface area (Å²) in [5, 5.41) is 0. The lowest BCUT2D eigenvalue weighted by Crippen LogP contribution is -1.91. The number of imidazole rings is 1. The number of rotatable bonds is 3. The summed E-state index contributed by atoms with van der Waals surface area (Å²) in [4.78, 5) is 11.4. The van der Waals surface area contributed by atoms with Crippen molar-refractivity contribution in [2.75, 3.05) is 0 Å². The smallest absolute Gasteiger partial charge is 0.337 e. The second-order valence-electron chi connectivity index (χ2n) is 2.96. The van der Waals surface area contributed by atoms with Gasteiger partial charge in [0.25, 0.3) is 0 Å². The lowest BCUT2D eigenvalue weighted by atomic mass is 10.3. The van der Waals surface area contributed by atoms with Crippen LogP contribution in [0.5, 0.6) is 5.75 Å².